The molecule has 2 aliphatic rings. The van der Waals surface area contributed by atoms with Crippen LogP contribution < -0.4 is 4.90 Å². The first-order valence-electron chi connectivity index (χ1n) is 7.06. The molecule has 0 aromatic heterocycles. The third kappa shape index (κ3) is 2.04. The Labute approximate surface area is 120 Å². The molecule has 5 heteroatoms. The van der Waals surface area contributed by atoms with Crippen molar-refractivity contribution >= 4 is 15.5 Å². The Morgan fingerprint density at radius 2 is 1.80 bits per heavy atom. The van der Waals surface area contributed by atoms with Crippen LogP contribution in [-0.2, 0) is 15.4 Å². The largest absolute Gasteiger partial charge is 0.385 e. The molecule has 2 unspecified atom stereocenters. The molecule has 2 aliphatic heterocycles. The molecule has 3 rings (SSSR count). The molecule has 0 amide bonds. The number of aliphatic hydroxyl groups is 1. The quantitative estimate of drug-likeness (QED) is 0.902. The van der Waals surface area contributed by atoms with Crippen LogP contribution in [0.3, 0.4) is 0 Å². The minimum Gasteiger partial charge on any atom is -0.385 e. The van der Waals surface area contributed by atoms with Gasteiger partial charge < -0.3 is 10.0 Å². The van der Waals surface area contributed by atoms with E-state index in [9.17, 15) is 13.5 Å². The highest BCUT2D eigenvalue weighted by atomic mass is 32.2. The van der Waals surface area contributed by atoms with Crippen molar-refractivity contribution in [2.24, 2.45) is 0 Å². The summed E-state index contributed by atoms with van der Waals surface area (Å²) in [6.07, 6.45) is 2.07. The molecule has 2 bridgehead atoms. The predicted molar refractivity (Wildman–Crippen MR) is 79.6 cm³/mol. The van der Waals surface area contributed by atoms with Gasteiger partial charge in [-0.15, -0.1) is 0 Å². The minimum absolute atomic E-state index is 0.336. The smallest absolute Gasteiger partial charge is 0.156 e. The highest BCUT2D eigenvalue weighted by molar-refractivity contribution is 7.93. The third-order valence-corrected chi connectivity index (χ3v) is 7.43. The standard InChI is InChI=1S/C15H21NO3S/c1-16(2)12-5-3-4-11(8-12)15(17)9-13-6-7-14(10-15)20(13,18)19/h3-5,8,13-14,17H,6-7,9-10H2,1-2H3. The monoisotopic (exact) mass is 295 g/mol. The van der Waals surface area contributed by atoms with Crippen molar-refractivity contribution in [3.05, 3.63) is 29.8 Å². The molecule has 20 heavy (non-hydrogen) atoms. The summed E-state index contributed by atoms with van der Waals surface area (Å²) in [4.78, 5) is 1.99. The van der Waals surface area contributed by atoms with Gasteiger partial charge in [-0.05, 0) is 43.4 Å². The lowest BCUT2D eigenvalue weighted by atomic mass is 9.85. The van der Waals surface area contributed by atoms with Crippen LogP contribution in [0.2, 0.25) is 0 Å². The average Bonchev–Trinajstić information content (AvgIpc) is 2.59. The van der Waals surface area contributed by atoms with E-state index in [2.05, 4.69) is 0 Å². The number of hydrogen-bond acceptors (Lipinski definition) is 4. The molecule has 0 radical (unpaired) electrons. The number of benzene rings is 1. The van der Waals surface area contributed by atoms with Gasteiger partial charge in [0.05, 0.1) is 16.1 Å². The lowest BCUT2D eigenvalue weighted by Gasteiger charge is -2.37. The van der Waals surface area contributed by atoms with E-state index in [0.29, 0.717) is 25.7 Å². The van der Waals surface area contributed by atoms with Gasteiger partial charge in [0.2, 0.25) is 0 Å². The summed E-state index contributed by atoms with van der Waals surface area (Å²) in [7, 11) is 0.908. The van der Waals surface area contributed by atoms with Crippen LogP contribution in [0.5, 0.6) is 0 Å². The average molecular weight is 295 g/mol. The van der Waals surface area contributed by atoms with E-state index >= 15 is 0 Å². The maximum atomic E-state index is 12.2. The Hall–Kier alpha value is -1.07. The van der Waals surface area contributed by atoms with Crippen molar-refractivity contribution in [3.63, 3.8) is 0 Å². The molecule has 1 aromatic rings. The molecule has 4 nitrogen and oxygen atoms in total. The maximum Gasteiger partial charge on any atom is 0.156 e. The van der Waals surface area contributed by atoms with Gasteiger partial charge in [-0.2, -0.15) is 0 Å². The van der Waals surface area contributed by atoms with Crippen molar-refractivity contribution in [3.8, 4) is 0 Å². The number of anilines is 1. The summed E-state index contributed by atoms with van der Waals surface area (Å²) in [6.45, 7) is 0. The van der Waals surface area contributed by atoms with Crippen molar-refractivity contribution in [1.82, 2.24) is 0 Å². The third-order valence-electron chi connectivity index (χ3n) is 4.77. The summed E-state index contributed by atoms with van der Waals surface area (Å²) in [5.41, 5.74) is 0.871. The molecule has 2 atom stereocenters. The normalized spacial score (nSPS) is 35.0. The van der Waals surface area contributed by atoms with Gasteiger partial charge in [-0.3, -0.25) is 0 Å². The van der Waals surface area contributed by atoms with E-state index in [1.54, 1.807) is 0 Å². The lowest BCUT2D eigenvalue weighted by Crippen LogP contribution is -2.43. The Morgan fingerprint density at radius 3 is 2.35 bits per heavy atom. The molecule has 0 spiro atoms. The van der Waals surface area contributed by atoms with Crippen molar-refractivity contribution in [2.75, 3.05) is 19.0 Å². The second-order valence-corrected chi connectivity index (χ2v) is 8.81. The van der Waals surface area contributed by atoms with Gasteiger partial charge in [0.15, 0.2) is 9.84 Å². The Balaban J connectivity index is 1.97. The van der Waals surface area contributed by atoms with Crippen LogP contribution >= 0.6 is 0 Å². The van der Waals surface area contributed by atoms with Crippen molar-refractivity contribution < 1.29 is 13.5 Å². The molecular formula is C15H21NO3S. The summed E-state index contributed by atoms with van der Waals surface area (Å²) in [5, 5.41) is 10.2. The summed E-state index contributed by atoms with van der Waals surface area (Å²) in [6, 6.07) is 7.79. The van der Waals surface area contributed by atoms with Gasteiger partial charge in [-0.25, -0.2) is 8.42 Å². The van der Waals surface area contributed by atoms with Crippen LogP contribution in [0, 0.1) is 0 Å². The molecule has 1 N–H and O–H groups in total. The van der Waals surface area contributed by atoms with Gasteiger partial charge in [-0.1, -0.05) is 12.1 Å². The molecule has 0 aliphatic carbocycles. The molecule has 1 aromatic carbocycles. The molecule has 110 valence electrons. The van der Waals surface area contributed by atoms with Crippen LogP contribution in [0.4, 0.5) is 5.69 Å². The fourth-order valence-corrected chi connectivity index (χ4v) is 6.04. The zero-order valence-electron chi connectivity index (χ0n) is 11.9. The summed E-state index contributed by atoms with van der Waals surface area (Å²) < 4.78 is 24.3. The Morgan fingerprint density at radius 1 is 1.20 bits per heavy atom. The van der Waals surface area contributed by atoms with Gasteiger partial charge >= 0.3 is 0 Å². The number of nitrogens with zero attached hydrogens (tertiary/aromatic N) is 1. The first-order valence-corrected chi connectivity index (χ1v) is 8.67. The SMILES string of the molecule is CN(C)c1cccc(C2(O)CC3CCC(C2)S3(=O)=O)c1. The summed E-state index contributed by atoms with van der Waals surface area (Å²) in [5.74, 6) is 0. The van der Waals surface area contributed by atoms with E-state index in [4.69, 9.17) is 0 Å². The topological polar surface area (TPSA) is 57.6 Å². The second-order valence-electron chi connectivity index (χ2n) is 6.29. The fourth-order valence-electron chi connectivity index (χ4n) is 3.55. The first kappa shape index (κ1) is 13.9. The van der Waals surface area contributed by atoms with E-state index in [0.717, 1.165) is 11.3 Å². The summed E-state index contributed by atoms with van der Waals surface area (Å²) >= 11 is 0. The van der Waals surface area contributed by atoms with E-state index < -0.39 is 15.4 Å². The first-order chi connectivity index (χ1) is 9.33. The van der Waals surface area contributed by atoms with Crippen LogP contribution in [-0.4, -0.2) is 38.1 Å². The van der Waals surface area contributed by atoms with Crippen LogP contribution in [0.15, 0.2) is 24.3 Å². The van der Waals surface area contributed by atoms with E-state index in [1.165, 1.54) is 0 Å². The van der Waals surface area contributed by atoms with Crippen LogP contribution in [0.1, 0.15) is 31.2 Å². The number of rotatable bonds is 2. The Kier molecular flexibility index (Phi) is 3.10. The highest BCUT2D eigenvalue weighted by Gasteiger charge is 2.53. The van der Waals surface area contributed by atoms with Crippen LogP contribution in [0.25, 0.3) is 0 Å². The highest BCUT2D eigenvalue weighted by Crippen LogP contribution is 2.47. The number of fused-ring (bicyclic) bond motifs is 2. The molecular weight excluding hydrogens is 274 g/mol. The maximum absolute atomic E-state index is 12.2. The second kappa shape index (κ2) is 4.46. The minimum atomic E-state index is -3.00. The zero-order valence-corrected chi connectivity index (χ0v) is 12.7. The van der Waals surface area contributed by atoms with Crippen molar-refractivity contribution in [1.29, 1.82) is 0 Å². The van der Waals surface area contributed by atoms with Gasteiger partial charge in [0.25, 0.3) is 0 Å². The lowest BCUT2D eigenvalue weighted by molar-refractivity contribution is 0.0173. The zero-order chi connectivity index (χ0) is 14.5. The molecule has 2 saturated heterocycles. The van der Waals surface area contributed by atoms with E-state index in [1.807, 2.05) is 43.3 Å². The predicted octanol–water partition coefficient (Wildman–Crippen LogP) is 1.68. The van der Waals surface area contributed by atoms with Gasteiger partial charge in [0.1, 0.15) is 0 Å². The Bertz CT molecular complexity index is 604. The molecule has 2 heterocycles. The molecule has 2 fully saturated rings. The van der Waals surface area contributed by atoms with E-state index in [-0.39, 0.29) is 10.5 Å². The van der Waals surface area contributed by atoms with Gasteiger partial charge in [0, 0.05) is 19.8 Å². The molecule has 0 saturated carbocycles. The van der Waals surface area contributed by atoms with Crippen molar-refractivity contribution in [2.45, 2.75) is 41.8 Å². The number of sulfone groups is 1. The number of hydrogen-bond donors (Lipinski definition) is 1. The fraction of sp³-hybridized carbons (Fsp3) is 0.600.